The molecule has 3 heterocycles. The highest BCUT2D eigenvalue weighted by atomic mass is 32.1. The third-order valence-electron chi connectivity index (χ3n) is 5.91. The van der Waals surface area contributed by atoms with Gasteiger partial charge in [0.1, 0.15) is 0 Å². The van der Waals surface area contributed by atoms with Crippen molar-refractivity contribution in [2.45, 2.75) is 45.8 Å². The van der Waals surface area contributed by atoms with Crippen LogP contribution in [0.4, 0.5) is 0 Å². The van der Waals surface area contributed by atoms with Crippen molar-refractivity contribution in [3.63, 3.8) is 0 Å². The van der Waals surface area contributed by atoms with Gasteiger partial charge in [0.25, 0.3) is 0 Å². The van der Waals surface area contributed by atoms with E-state index in [-0.39, 0.29) is 5.91 Å². The lowest BCUT2D eigenvalue weighted by molar-refractivity contribution is -0.122. The highest BCUT2D eigenvalue weighted by Crippen LogP contribution is 2.23. The first-order valence-electron chi connectivity index (χ1n) is 10.5. The summed E-state index contributed by atoms with van der Waals surface area (Å²) in [5.41, 5.74) is 3.93. The fraction of sp³-hybridized carbons (Fsp3) is 0.522. The van der Waals surface area contributed by atoms with Crippen LogP contribution in [0.2, 0.25) is 0 Å². The molecule has 4 nitrogen and oxygen atoms in total. The van der Waals surface area contributed by atoms with Crippen LogP contribution in [0.3, 0.4) is 0 Å². The summed E-state index contributed by atoms with van der Waals surface area (Å²) in [5, 5.41) is 5.24. The van der Waals surface area contributed by atoms with E-state index < -0.39 is 0 Å². The van der Waals surface area contributed by atoms with Gasteiger partial charge in [-0.15, -0.1) is 11.3 Å². The third-order valence-corrected chi connectivity index (χ3v) is 6.94. The van der Waals surface area contributed by atoms with E-state index in [1.54, 1.807) is 0 Å². The van der Waals surface area contributed by atoms with E-state index in [0.717, 1.165) is 32.0 Å². The number of carbonyl (C=O) groups excluding carboxylic acids is 1. The average molecular weight is 398 g/mol. The van der Waals surface area contributed by atoms with Crippen LogP contribution in [-0.4, -0.2) is 41.9 Å². The lowest BCUT2D eigenvalue weighted by atomic mass is 9.99. The lowest BCUT2D eigenvalue weighted by Crippen LogP contribution is -2.39. The summed E-state index contributed by atoms with van der Waals surface area (Å²) in [6, 6.07) is 10.9. The number of nitrogens with zero attached hydrogens (tertiary/aromatic N) is 2. The number of benzene rings is 1. The average Bonchev–Trinajstić information content (AvgIpc) is 3.15. The summed E-state index contributed by atoms with van der Waals surface area (Å²) in [7, 11) is 0. The number of nitrogens with one attached hydrogen (secondary N) is 1. The first-order valence-corrected chi connectivity index (χ1v) is 11.4. The Morgan fingerprint density at radius 3 is 2.79 bits per heavy atom. The Balaban J connectivity index is 1.21. The molecule has 2 aliphatic rings. The maximum atomic E-state index is 12.3. The van der Waals surface area contributed by atoms with Gasteiger partial charge in [0.15, 0.2) is 0 Å². The molecule has 5 heteroatoms. The number of rotatable bonds is 6. The predicted octanol–water partition coefficient (Wildman–Crippen LogP) is 3.65. The van der Waals surface area contributed by atoms with Gasteiger partial charge in [-0.05, 0) is 59.9 Å². The molecular weight excluding hydrogens is 366 g/mol. The molecule has 0 bridgehead atoms. The van der Waals surface area contributed by atoms with Crippen LogP contribution in [0.15, 0.2) is 35.7 Å². The minimum Gasteiger partial charge on any atom is -0.351 e. The zero-order valence-corrected chi connectivity index (χ0v) is 17.6. The Bertz CT molecular complexity index is 785. The largest absolute Gasteiger partial charge is 0.351 e. The maximum Gasteiger partial charge on any atom is 0.234 e. The number of fused-ring (bicyclic) bond motifs is 1. The third kappa shape index (κ3) is 5.22. The van der Waals surface area contributed by atoms with E-state index in [0.29, 0.717) is 13.1 Å². The SMILES string of the molecule is CC1CCCN(Cc2ccc(CNC(=O)CN3CCc4sccc4C3)cc2)C1. The molecule has 150 valence electrons. The van der Waals surface area contributed by atoms with Gasteiger partial charge < -0.3 is 5.32 Å². The molecule has 1 amide bonds. The number of thiophene rings is 1. The van der Waals surface area contributed by atoms with E-state index >= 15 is 0 Å². The molecule has 0 spiro atoms. The number of likely N-dealkylation sites (tertiary alicyclic amines) is 1. The van der Waals surface area contributed by atoms with Crippen molar-refractivity contribution >= 4 is 17.2 Å². The first-order chi connectivity index (χ1) is 13.7. The Morgan fingerprint density at radius 1 is 1.14 bits per heavy atom. The molecule has 2 aliphatic heterocycles. The van der Waals surface area contributed by atoms with Crippen molar-refractivity contribution in [1.82, 2.24) is 15.1 Å². The second-order valence-corrected chi connectivity index (χ2v) is 9.41. The number of amides is 1. The minimum atomic E-state index is 0.116. The molecule has 1 fully saturated rings. The van der Waals surface area contributed by atoms with Crippen LogP contribution < -0.4 is 5.32 Å². The molecule has 1 aromatic heterocycles. The first kappa shape index (κ1) is 19.6. The van der Waals surface area contributed by atoms with Gasteiger partial charge in [0, 0.05) is 37.6 Å². The van der Waals surface area contributed by atoms with Crippen molar-refractivity contribution in [1.29, 1.82) is 0 Å². The molecule has 4 rings (SSSR count). The van der Waals surface area contributed by atoms with Gasteiger partial charge in [0.05, 0.1) is 6.54 Å². The van der Waals surface area contributed by atoms with E-state index in [4.69, 9.17) is 0 Å². The van der Waals surface area contributed by atoms with Gasteiger partial charge >= 0.3 is 0 Å². The quantitative estimate of drug-likeness (QED) is 0.808. The summed E-state index contributed by atoms with van der Waals surface area (Å²) in [6.45, 7) is 8.78. The number of hydrogen-bond donors (Lipinski definition) is 1. The molecule has 1 N–H and O–H groups in total. The summed E-state index contributed by atoms with van der Waals surface area (Å²) in [6.07, 6.45) is 3.74. The van der Waals surface area contributed by atoms with Gasteiger partial charge in [-0.25, -0.2) is 0 Å². The number of hydrogen-bond acceptors (Lipinski definition) is 4. The van der Waals surface area contributed by atoms with Crippen molar-refractivity contribution < 1.29 is 4.79 Å². The summed E-state index contributed by atoms with van der Waals surface area (Å²) < 4.78 is 0. The van der Waals surface area contributed by atoms with Crippen LogP contribution in [0.1, 0.15) is 41.3 Å². The summed E-state index contributed by atoms with van der Waals surface area (Å²) >= 11 is 1.84. The molecule has 1 unspecified atom stereocenters. The van der Waals surface area contributed by atoms with Crippen molar-refractivity contribution in [2.75, 3.05) is 26.2 Å². The van der Waals surface area contributed by atoms with Crippen LogP contribution in [-0.2, 0) is 30.8 Å². The Hall–Kier alpha value is -1.69. The topological polar surface area (TPSA) is 35.6 Å². The maximum absolute atomic E-state index is 12.3. The van der Waals surface area contributed by atoms with E-state index in [1.807, 2.05) is 11.3 Å². The molecule has 0 aliphatic carbocycles. The molecule has 0 saturated carbocycles. The zero-order chi connectivity index (χ0) is 19.3. The van der Waals surface area contributed by atoms with E-state index in [9.17, 15) is 4.79 Å². The molecule has 2 aromatic rings. The number of carbonyl (C=O) groups is 1. The molecule has 1 aromatic carbocycles. The van der Waals surface area contributed by atoms with Crippen LogP contribution in [0, 0.1) is 5.92 Å². The van der Waals surface area contributed by atoms with Gasteiger partial charge in [-0.3, -0.25) is 14.6 Å². The van der Waals surface area contributed by atoms with Crippen LogP contribution >= 0.6 is 11.3 Å². The second kappa shape index (κ2) is 9.21. The molecule has 1 atom stereocenters. The smallest absolute Gasteiger partial charge is 0.234 e. The van der Waals surface area contributed by atoms with Crippen LogP contribution in [0.25, 0.3) is 0 Å². The monoisotopic (exact) mass is 397 g/mol. The lowest BCUT2D eigenvalue weighted by Gasteiger charge is -2.30. The van der Waals surface area contributed by atoms with Gasteiger partial charge in [-0.2, -0.15) is 0 Å². The Labute approximate surface area is 172 Å². The highest BCUT2D eigenvalue weighted by Gasteiger charge is 2.19. The van der Waals surface area contributed by atoms with Gasteiger partial charge in [0.2, 0.25) is 5.91 Å². The normalized spacial score (nSPS) is 20.7. The fourth-order valence-corrected chi connectivity index (χ4v) is 5.24. The highest BCUT2D eigenvalue weighted by molar-refractivity contribution is 7.10. The summed E-state index contributed by atoms with van der Waals surface area (Å²) in [5.74, 6) is 0.930. The predicted molar refractivity (Wildman–Crippen MR) is 115 cm³/mol. The van der Waals surface area contributed by atoms with E-state index in [2.05, 4.69) is 57.8 Å². The Morgan fingerprint density at radius 2 is 1.96 bits per heavy atom. The molecule has 1 saturated heterocycles. The van der Waals surface area contributed by atoms with Crippen molar-refractivity contribution in [3.8, 4) is 0 Å². The van der Waals surface area contributed by atoms with Gasteiger partial charge in [-0.1, -0.05) is 31.2 Å². The van der Waals surface area contributed by atoms with E-state index in [1.165, 1.54) is 47.5 Å². The van der Waals surface area contributed by atoms with Crippen molar-refractivity contribution in [3.05, 3.63) is 57.3 Å². The molecule has 28 heavy (non-hydrogen) atoms. The van der Waals surface area contributed by atoms with Crippen LogP contribution in [0.5, 0.6) is 0 Å². The number of piperidine rings is 1. The Kier molecular flexibility index (Phi) is 6.45. The zero-order valence-electron chi connectivity index (χ0n) is 16.8. The summed E-state index contributed by atoms with van der Waals surface area (Å²) in [4.78, 5) is 18.6. The fourth-order valence-electron chi connectivity index (χ4n) is 4.35. The van der Waals surface area contributed by atoms with Crippen molar-refractivity contribution in [2.24, 2.45) is 5.92 Å². The standard InChI is InChI=1S/C23H31N3OS/c1-18-3-2-10-25(14-18)15-20-6-4-19(5-7-20)13-24-23(27)17-26-11-8-22-21(16-26)9-12-28-22/h4-7,9,12,18H,2-3,8,10-11,13-17H2,1H3,(H,24,27). The minimum absolute atomic E-state index is 0.116. The molecule has 0 radical (unpaired) electrons. The molecular formula is C23H31N3OS. The second-order valence-electron chi connectivity index (χ2n) is 8.41.